The number of likely N-dealkylation sites (tertiary alicyclic amines) is 1. The van der Waals surface area contributed by atoms with E-state index in [1.165, 1.54) is 24.2 Å². The molecule has 2 N–H and O–H groups in total. The van der Waals surface area contributed by atoms with Crippen LogP contribution in [0.5, 0.6) is 0 Å². The molecule has 3 rings (SSSR count). The number of rotatable bonds is 4. The smallest absolute Gasteiger partial charge is 0.243 e. The van der Waals surface area contributed by atoms with Gasteiger partial charge in [0.15, 0.2) is 0 Å². The van der Waals surface area contributed by atoms with Gasteiger partial charge in [-0.2, -0.15) is 4.31 Å². The Kier molecular flexibility index (Phi) is 4.14. The molecular formula is C13H21N3O2S2. The average molecular weight is 315 g/mol. The van der Waals surface area contributed by atoms with Crippen molar-refractivity contribution in [3.8, 4) is 0 Å². The standard InChI is InChI=1S/C13H21N3O2S2/c14-8-12-7-13(10-19-12)20(17,18)16-6-3-11(9-16)15-4-1-2-5-15/h7,10-11H,1-6,8-9,14H2. The van der Waals surface area contributed by atoms with Crippen molar-refractivity contribution < 1.29 is 8.42 Å². The maximum atomic E-state index is 12.6. The summed E-state index contributed by atoms with van der Waals surface area (Å²) >= 11 is 1.42. The van der Waals surface area contributed by atoms with Gasteiger partial charge in [-0.05, 0) is 38.4 Å². The molecule has 2 aliphatic heterocycles. The first kappa shape index (κ1) is 14.5. The summed E-state index contributed by atoms with van der Waals surface area (Å²) in [6.07, 6.45) is 3.44. The van der Waals surface area contributed by atoms with Gasteiger partial charge < -0.3 is 5.73 Å². The van der Waals surface area contributed by atoms with Gasteiger partial charge in [-0.1, -0.05) is 0 Å². The van der Waals surface area contributed by atoms with Crippen LogP contribution in [-0.4, -0.2) is 49.8 Å². The molecule has 7 heteroatoms. The van der Waals surface area contributed by atoms with E-state index in [1.807, 2.05) is 0 Å². The summed E-state index contributed by atoms with van der Waals surface area (Å²) in [5, 5.41) is 1.71. The van der Waals surface area contributed by atoms with Crippen LogP contribution in [0.1, 0.15) is 24.1 Å². The highest BCUT2D eigenvalue weighted by molar-refractivity contribution is 7.89. The highest BCUT2D eigenvalue weighted by Gasteiger charge is 2.36. The van der Waals surface area contributed by atoms with E-state index in [0.29, 0.717) is 30.6 Å². The lowest BCUT2D eigenvalue weighted by Gasteiger charge is -2.23. The van der Waals surface area contributed by atoms with E-state index in [9.17, 15) is 8.42 Å². The Morgan fingerprint density at radius 2 is 2.05 bits per heavy atom. The molecule has 3 heterocycles. The van der Waals surface area contributed by atoms with Crippen LogP contribution in [0.15, 0.2) is 16.3 Å². The van der Waals surface area contributed by atoms with E-state index in [1.54, 1.807) is 15.8 Å². The Morgan fingerprint density at radius 1 is 1.30 bits per heavy atom. The van der Waals surface area contributed by atoms with Crippen molar-refractivity contribution in [2.75, 3.05) is 26.2 Å². The van der Waals surface area contributed by atoms with Crippen molar-refractivity contribution in [2.45, 2.75) is 36.7 Å². The zero-order valence-electron chi connectivity index (χ0n) is 11.5. The maximum Gasteiger partial charge on any atom is 0.243 e. The van der Waals surface area contributed by atoms with E-state index in [0.717, 1.165) is 24.4 Å². The lowest BCUT2D eigenvalue weighted by atomic mass is 10.2. The van der Waals surface area contributed by atoms with E-state index in [4.69, 9.17) is 5.73 Å². The molecule has 0 spiro atoms. The largest absolute Gasteiger partial charge is 0.326 e. The van der Waals surface area contributed by atoms with E-state index in [2.05, 4.69) is 4.90 Å². The van der Waals surface area contributed by atoms with Gasteiger partial charge >= 0.3 is 0 Å². The van der Waals surface area contributed by atoms with E-state index in [-0.39, 0.29) is 0 Å². The van der Waals surface area contributed by atoms with Crippen LogP contribution >= 0.6 is 11.3 Å². The second-order valence-corrected chi connectivity index (χ2v) is 8.44. The first-order valence-corrected chi connectivity index (χ1v) is 9.45. The van der Waals surface area contributed by atoms with Crippen molar-refractivity contribution in [1.29, 1.82) is 0 Å². The minimum absolute atomic E-state index is 0.399. The fourth-order valence-electron chi connectivity index (χ4n) is 3.09. The zero-order chi connectivity index (χ0) is 14.2. The van der Waals surface area contributed by atoms with Crippen LogP contribution in [0.25, 0.3) is 0 Å². The van der Waals surface area contributed by atoms with Gasteiger partial charge in [0.05, 0.1) is 4.90 Å². The molecule has 1 aromatic heterocycles. The topological polar surface area (TPSA) is 66.6 Å². The highest BCUT2D eigenvalue weighted by Crippen LogP contribution is 2.28. The van der Waals surface area contributed by atoms with Crippen molar-refractivity contribution >= 4 is 21.4 Å². The molecule has 2 saturated heterocycles. The number of nitrogens with zero attached hydrogens (tertiary/aromatic N) is 2. The number of sulfonamides is 1. The highest BCUT2D eigenvalue weighted by atomic mass is 32.2. The number of hydrogen-bond donors (Lipinski definition) is 1. The molecule has 1 aromatic rings. The molecule has 20 heavy (non-hydrogen) atoms. The summed E-state index contributed by atoms with van der Waals surface area (Å²) in [5.74, 6) is 0. The maximum absolute atomic E-state index is 12.6. The molecule has 0 radical (unpaired) electrons. The monoisotopic (exact) mass is 315 g/mol. The Balaban J connectivity index is 1.72. The molecule has 112 valence electrons. The predicted molar refractivity (Wildman–Crippen MR) is 80.2 cm³/mol. The summed E-state index contributed by atoms with van der Waals surface area (Å²) in [6.45, 7) is 3.91. The molecule has 0 amide bonds. The lowest BCUT2D eigenvalue weighted by Crippen LogP contribution is -2.37. The van der Waals surface area contributed by atoms with Gasteiger partial charge in [-0.25, -0.2) is 8.42 Å². The van der Waals surface area contributed by atoms with Gasteiger partial charge in [-0.3, -0.25) is 4.90 Å². The van der Waals surface area contributed by atoms with Gasteiger partial charge in [0, 0.05) is 35.9 Å². The summed E-state index contributed by atoms with van der Waals surface area (Å²) < 4.78 is 26.8. The van der Waals surface area contributed by atoms with Crippen LogP contribution < -0.4 is 5.73 Å². The van der Waals surface area contributed by atoms with Crippen LogP contribution in [0, 0.1) is 0 Å². The normalized spacial score (nSPS) is 25.6. The fraction of sp³-hybridized carbons (Fsp3) is 0.692. The van der Waals surface area contributed by atoms with Crippen molar-refractivity contribution in [3.05, 3.63) is 16.3 Å². The third-order valence-electron chi connectivity index (χ3n) is 4.25. The number of nitrogens with two attached hydrogens (primary N) is 1. The summed E-state index contributed by atoms with van der Waals surface area (Å²) in [7, 11) is -3.33. The fourth-order valence-corrected chi connectivity index (χ4v) is 5.72. The molecule has 2 fully saturated rings. The van der Waals surface area contributed by atoms with Crippen LogP contribution in [0.2, 0.25) is 0 Å². The number of hydrogen-bond acceptors (Lipinski definition) is 5. The zero-order valence-corrected chi connectivity index (χ0v) is 13.1. The minimum atomic E-state index is -3.33. The number of thiophene rings is 1. The molecular weight excluding hydrogens is 294 g/mol. The summed E-state index contributed by atoms with van der Waals surface area (Å²) in [4.78, 5) is 3.76. The Morgan fingerprint density at radius 3 is 2.70 bits per heavy atom. The molecule has 0 bridgehead atoms. The molecule has 2 aliphatic rings. The first-order chi connectivity index (χ1) is 9.61. The third kappa shape index (κ3) is 2.65. The van der Waals surface area contributed by atoms with Crippen molar-refractivity contribution in [1.82, 2.24) is 9.21 Å². The van der Waals surface area contributed by atoms with Crippen LogP contribution in [0.3, 0.4) is 0 Å². The second kappa shape index (κ2) is 5.73. The molecule has 0 aliphatic carbocycles. The van der Waals surface area contributed by atoms with Crippen molar-refractivity contribution in [2.24, 2.45) is 5.73 Å². The molecule has 0 aromatic carbocycles. The Hall–Kier alpha value is -0.470. The average Bonchev–Trinajstić information content (AvgIpc) is 3.18. The van der Waals surface area contributed by atoms with Crippen LogP contribution in [0.4, 0.5) is 0 Å². The lowest BCUT2D eigenvalue weighted by molar-refractivity contribution is 0.251. The minimum Gasteiger partial charge on any atom is -0.326 e. The van der Waals surface area contributed by atoms with Gasteiger partial charge in [0.25, 0.3) is 0 Å². The summed E-state index contributed by atoms with van der Waals surface area (Å²) in [5.41, 5.74) is 5.56. The quantitative estimate of drug-likeness (QED) is 0.902. The van der Waals surface area contributed by atoms with Gasteiger partial charge in [0.1, 0.15) is 0 Å². The van der Waals surface area contributed by atoms with Crippen LogP contribution in [-0.2, 0) is 16.6 Å². The molecule has 1 unspecified atom stereocenters. The van der Waals surface area contributed by atoms with Crippen molar-refractivity contribution in [3.63, 3.8) is 0 Å². The second-order valence-electron chi connectivity index (χ2n) is 5.50. The first-order valence-electron chi connectivity index (χ1n) is 7.13. The SMILES string of the molecule is NCc1cc(S(=O)(=O)N2CCC(N3CCCC3)C2)cs1. The third-order valence-corrected chi connectivity index (χ3v) is 7.20. The molecule has 0 saturated carbocycles. The Labute approximate surface area is 124 Å². The van der Waals surface area contributed by atoms with Gasteiger partial charge in [0.2, 0.25) is 10.0 Å². The predicted octanol–water partition coefficient (Wildman–Crippen LogP) is 1.07. The molecule has 1 atom stereocenters. The van der Waals surface area contributed by atoms with Gasteiger partial charge in [-0.15, -0.1) is 11.3 Å². The van der Waals surface area contributed by atoms with E-state index < -0.39 is 10.0 Å². The molecule has 5 nitrogen and oxygen atoms in total. The van der Waals surface area contributed by atoms with E-state index >= 15 is 0 Å². The summed E-state index contributed by atoms with van der Waals surface area (Å²) in [6, 6.07) is 2.11. The Bertz CT molecular complexity index is 564.